The first-order chi connectivity index (χ1) is 12.5. The highest BCUT2D eigenvalue weighted by molar-refractivity contribution is 5.89. The Morgan fingerprint density at radius 1 is 1.30 bits per heavy atom. The normalized spacial score (nSPS) is 14.4. The van der Waals surface area contributed by atoms with Gasteiger partial charge in [0.15, 0.2) is 0 Å². The Kier molecular flexibility index (Phi) is 8.04. The van der Waals surface area contributed by atoms with E-state index in [9.17, 15) is 18.0 Å². The van der Waals surface area contributed by atoms with E-state index >= 15 is 0 Å². The SMILES string of the molecule is COC(C)(C)CNCc1ccc(N2CCOC2=O)cc1.O=C(O)C(F)(F)F. The second-order valence-corrected chi connectivity index (χ2v) is 6.30. The maximum absolute atomic E-state index is 11.5. The van der Waals surface area contributed by atoms with Crippen LogP contribution in [0.15, 0.2) is 24.3 Å². The average molecular weight is 392 g/mol. The van der Waals surface area contributed by atoms with Gasteiger partial charge >= 0.3 is 18.2 Å². The Morgan fingerprint density at radius 2 is 1.85 bits per heavy atom. The van der Waals surface area contributed by atoms with Crippen molar-refractivity contribution >= 4 is 17.7 Å². The van der Waals surface area contributed by atoms with E-state index in [-0.39, 0.29) is 11.7 Å². The third kappa shape index (κ3) is 7.83. The molecule has 2 rings (SSSR count). The first-order valence-corrected chi connectivity index (χ1v) is 8.05. The summed E-state index contributed by atoms with van der Waals surface area (Å²) in [6.07, 6.45) is -5.35. The van der Waals surface area contributed by atoms with Gasteiger partial charge in [-0.15, -0.1) is 0 Å². The molecular weight excluding hydrogens is 369 g/mol. The third-order valence-electron chi connectivity index (χ3n) is 3.68. The van der Waals surface area contributed by atoms with E-state index in [0.29, 0.717) is 13.2 Å². The maximum Gasteiger partial charge on any atom is 0.490 e. The standard InChI is InChI=1S/C15H22N2O3.C2HF3O2/c1-15(2,19-3)11-16-10-12-4-6-13(7-5-12)17-8-9-20-14(17)18;3-2(4,5)1(6)7/h4-7,16H,8-11H2,1-3H3;(H,6,7). The average Bonchev–Trinajstić information content (AvgIpc) is 3.01. The molecule has 10 heteroatoms. The molecule has 1 fully saturated rings. The predicted molar refractivity (Wildman–Crippen MR) is 91.6 cm³/mol. The van der Waals surface area contributed by atoms with Gasteiger partial charge in [-0.3, -0.25) is 4.90 Å². The van der Waals surface area contributed by atoms with Gasteiger partial charge in [0.1, 0.15) is 6.61 Å². The number of methoxy groups -OCH3 is 1. The molecule has 0 spiro atoms. The minimum Gasteiger partial charge on any atom is -0.475 e. The molecule has 152 valence electrons. The number of alkyl halides is 3. The zero-order valence-corrected chi connectivity index (χ0v) is 15.3. The number of anilines is 1. The topological polar surface area (TPSA) is 88.1 Å². The largest absolute Gasteiger partial charge is 0.490 e. The van der Waals surface area contributed by atoms with Gasteiger partial charge in [0.05, 0.1) is 12.1 Å². The van der Waals surface area contributed by atoms with Crippen molar-refractivity contribution in [2.24, 2.45) is 0 Å². The molecule has 1 heterocycles. The van der Waals surface area contributed by atoms with Crippen molar-refractivity contribution in [1.82, 2.24) is 5.32 Å². The highest BCUT2D eigenvalue weighted by Gasteiger charge is 2.38. The molecular formula is C17H23F3N2O5. The van der Waals surface area contributed by atoms with E-state index in [2.05, 4.69) is 5.32 Å². The zero-order valence-electron chi connectivity index (χ0n) is 15.3. The van der Waals surface area contributed by atoms with E-state index in [1.807, 2.05) is 38.1 Å². The lowest BCUT2D eigenvalue weighted by molar-refractivity contribution is -0.192. The summed E-state index contributed by atoms with van der Waals surface area (Å²) in [6, 6.07) is 7.94. The highest BCUT2D eigenvalue weighted by atomic mass is 19.4. The molecule has 0 radical (unpaired) electrons. The number of ether oxygens (including phenoxy) is 2. The van der Waals surface area contributed by atoms with E-state index in [1.54, 1.807) is 12.0 Å². The molecule has 0 aromatic heterocycles. The first-order valence-electron chi connectivity index (χ1n) is 8.05. The van der Waals surface area contributed by atoms with Crippen LogP contribution in [0.2, 0.25) is 0 Å². The molecule has 2 N–H and O–H groups in total. The summed E-state index contributed by atoms with van der Waals surface area (Å²) in [6.45, 7) is 6.73. The number of nitrogens with zero attached hydrogens (tertiary/aromatic N) is 1. The van der Waals surface area contributed by atoms with E-state index in [0.717, 1.165) is 18.8 Å². The van der Waals surface area contributed by atoms with E-state index in [4.69, 9.17) is 19.4 Å². The van der Waals surface area contributed by atoms with Crippen LogP contribution in [-0.4, -0.2) is 55.8 Å². The summed E-state index contributed by atoms with van der Waals surface area (Å²) < 4.78 is 42.0. The van der Waals surface area contributed by atoms with Gasteiger partial charge in [0.25, 0.3) is 0 Å². The van der Waals surface area contributed by atoms with Crippen molar-refractivity contribution in [3.05, 3.63) is 29.8 Å². The number of halogens is 3. The number of carbonyl (C=O) groups excluding carboxylic acids is 1. The molecule has 0 bridgehead atoms. The molecule has 1 aromatic rings. The second-order valence-electron chi connectivity index (χ2n) is 6.30. The molecule has 1 aromatic carbocycles. The molecule has 1 amide bonds. The third-order valence-corrected chi connectivity index (χ3v) is 3.68. The van der Waals surface area contributed by atoms with Gasteiger partial charge in [0, 0.05) is 25.9 Å². The van der Waals surface area contributed by atoms with Crippen molar-refractivity contribution in [2.45, 2.75) is 32.2 Å². The first kappa shape index (κ1) is 22.7. The summed E-state index contributed by atoms with van der Waals surface area (Å²) >= 11 is 0. The quantitative estimate of drug-likeness (QED) is 0.774. The molecule has 0 atom stereocenters. The Labute approximate surface area is 155 Å². The van der Waals surface area contributed by atoms with Gasteiger partial charge in [-0.05, 0) is 31.5 Å². The number of benzene rings is 1. The summed E-state index contributed by atoms with van der Waals surface area (Å²) in [5.41, 5.74) is 1.89. The fourth-order valence-corrected chi connectivity index (χ4v) is 2.00. The summed E-state index contributed by atoms with van der Waals surface area (Å²) in [4.78, 5) is 22.0. The molecule has 0 unspecified atom stereocenters. The number of carboxylic acid groups (broad SMARTS) is 1. The van der Waals surface area contributed by atoms with Crippen LogP contribution in [0.4, 0.5) is 23.7 Å². The van der Waals surface area contributed by atoms with Crippen LogP contribution >= 0.6 is 0 Å². The van der Waals surface area contributed by atoms with Crippen LogP contribution in [0, 0.1) is 0 Å². The Morgan fingerprint density at radius 3 is 2.26 bits per heavy atom. The molecule has 0 saturated carbocycles. The summed E-state index contributed by atoms with van der Waals surface area (Å²) in [7, 11) is 1.71. The number of amides is 1. The Balaban J connectivity index is 0.000000445. The lowest BCUT2D eigenvalue weighted by Crippen LogP contribution is -2.36. The fraction of sp³-hybridized carbons (Fsp3) is 0.529. The second kappa shape index (κ2) is 9.56. The molecule has 1 saturated heterocycles. The lowest BCUT2D eigenvalue weighted by atomic mass is 10.1. The molecule has 0 aliphatic carbocycles. The van der Waals surface area contributed by atoms with Crippen LogP contribution in [0.3, 0.4) is 0 Å². The zero-order chi connectivity index (χ0) is 20.7. The van der Waals surface area contributed by atoms with Crippen LogP contribution < -0.4 is 10.2 Å². The van der Waals surface area contributed by atoms with Gasteiger partial charge in [0.2, 0.25) is 0 Å². The molecule has 7 nitrogen and oxygen atoms in total. The van der Waals surface area contributed by atoms with Gasteiger partial charge in [-0.2, -0.15) is 13.2 Å². The van der Waals surface area contributed by atoms with Crippen LogP contribution in [0.1, 0.15) is 19.4 Å². The Hall–Kier alpha value is -2.33. The molecule has 1 aliphatic rings. The van der Waals surface area contributed by atoms with Crippen LogP contribution in [-0.2, 0) is 20.8 Å². The Bertz CT molecular complexity index is 632. The minimum atomic E-state index is -5.08. The number of nitrogens with one attached hydrogen (secondary N) is 1. The van der Waals surface area contributed by atoms with Gasteiger partial charge in [-0.25, -0.2) is 9.59 Å². The van der Waals surface area contributed by atoms with Crippen molar-refractivity contribution in [3.63, 3.8) is 0 Å². The fourth-order valence-electron chi connectivity index (χ4n) is 2.00. The van der Waals surface area contributed by atoms with Crippen molar-refractivity contribution < 1.29 is 37.3 Å². The highest BCUT2D eigenvalue weighted by Crippen LogP contribution is 2.19. The van der Waals surface area contributed by atoms with E-state index in [1.165, 1.54) is 5.56 Å². The smallest absolute Gasteiger partial charge is 0.475 e. The number of hydrogen-bond donors (Lipinski definition) is 2. The summed E-state index contributed by atoms with van der Waals surface area (Å²) in [5.74, 6) is -2.76. The lowest BCUT2D eigenvalue weighted by Gasteiger charge is -2.23. The van der Waals surface area contributed by atoms with Crippen LogP contribution in [0.5, 0.6) is 0 Å². The number of cyclic esters (lactones) is 1. The summed E-state index contributed by atoms with van der Waals surface area (Å²) in [5, 5.41) is 10.5. The monoisotopic (exact) mass is 392 g/mol. The van der Waals surface area contributed by atoms with Crippen molar-refractivity contribution in [2.75, 3.05) is 31.7 Å². The maximum atomic E-state index is 11.5. The van der Waals surface area contributed by atoms with E-state index < -0.39 is 12.1 Å². The molecule has 27 heavy (non-hydrogen) atoms. The number of carbonyl (C=O) groups is 2. The number of rotatable bonds is 6. The van der Waals surface area contributed by atoms with Gasteiger partial charge in [-0.1, -0.05) is 12.1 Å². The van der Waals surface area contributed by atoms with Crippen molar-refractivity contribution in [1.29, 1.82) is 0 Å². The minimum absolute atomic E-state index is 0.167. The predicted octanol–water partition coefficient (Wildman–Crippen LogP) is 2.79. The molecule has 1 aliphatic heterocycles. The number of carboxylic acids is 1. The van der Waals surface area contributed by atoms with Crippen molar-refractivity contribution in [3.8, 4) is 0 Å². The number of hydrogen-bond acceptors (Lipinski definition) is 5. The van der Waals surface area contributed by atoms with Gasteiger partial charge < -0.3 is 19.9 Å². The number of aliphatic carboxylic acids is 1. The van der Waals surface area contributed by atoms with Crippen LogP contribution in [0.25, 0.3) is 0 Å².